The van der Waals surface area contributed by atoms with Crippen LogP contribution in [0.1, 0.15) is 0 Å². The lowest BCUT2D eigenvalue weighted by Crippen LogP contribution is -2.40. The summed E-state index contributed by atoms with van der Waals surface area (Å²) in [4.78, 5) is 12.9. The van der Waals surface area contributed by atoms with Gasteiger partial charge in [0.1, 0.15) is 17.2 Å². The van der Waals surface area contributed by atoms with Crippen LogP contribution in [0.5, 0.6) is 5.75 Å². The van der Waals surface area contributed by atoms with Crippen molar-refractivity contribution in [2.24, 2.45) is 0 Å². The van der Waals surface area contributed by atoms with Gasteiger partial charge in [0.05, 0.1) is 32.3 Å². The summed E-state index contributed by atoms with van der Waals surface area (Å²) in [6, 6.07) is 16.7. The Bertz CT molecular complexity index is 1480. The number of ether oxygens (including phenoxy) is 2. The fourth-order valence-electron chi connectivity index (χ4n) is 4.02. The molecule has 0 atom stereocenters. The van der Waals surface area contributed by atoms with E-state index in [9.17, 15) is 21.6 Å². The van der Waals surface area contributed by atoms with Crippen molar-refractivity contribution in [1.29, 1.82) is 0 Å². The number of carbonyl (C=O) groups is 1. The zero-order chi connectivity index (χ0) is 25.9. The summed E-state index contributed by atoms with van der Waals surface area (Å²) in [6.07, 6.45) is 1.03. The van der Waals surface area contributed by atoms with Crippen LogP contribution in [0.3, 0.4) is 0 Å². The molecule has 1 heterocycles. The Labute approximate surface area is 210 Å². The summed E-state index contributed by atoms with van der Waals surface area (Å²) in [6.45, 7) is 0.484. The minimum absolute atomic E-state index is 0.0984. The van der Waals surface area contributed by atoms with Crippen molar-refractivity contribution in [3.05, 3.63) is 60.7 Å². The lowest BCUT2D eigenvalue weighted by Gasteiger charge is -2.27. The fourth-order valence-corrected chi connectivity index (χ4v) is 6.48. The van der Waals surface area contributed by atoms with Gasteiger partial charge in [-0.3, -0.25) is 9.10 Å². The second kappa shape index (κ2) is 10.4. The summed E-state index contributed by atoms with van der Waals surface area (Å²) in [7, 11) is -6.36. The molecule has 0 saturated carbocycles. The van der Waals surface area contributed by atoms with E-state index in [2.05, 4.69) is 5.32 Å². The Morgan fingerprint density at radius 3 is 2.42 bits per heavy atom. The van der Waals surface area contributed by atoms with E-state index in [1.807, 2.05) is 18.2 Å². The normalized spacial score (nSPS) is 14.9. The number of anilines is 2. The molecule has 0 bridgehead atoms. The molecule has 3 aromatic rings. The molecule has 1 aliphatic rings. The van der Waals surface area contributed by atoms with Gasteiger partial charge in [-0.05, 0) is 29.7 Å². The smallest absolute Gasteiger partial charge is 0.246 e. The largest absolute Gasteiger partial charge is 0.495 e. The highest BCUT2D eigenvalue weighted by atomic mass is 32.2. The monoisotopic (exact) mass is 533 g/mol. The highest BCUT2D eigenvalue weighted by Gasteiger charge is 2.30. The van der Waals surface area contributed by atoms with Crippen LogP contribution in [0.15, 0.2) is 65.6 Å². The average molecular weight is 534 g/mol. The third-order valence-electron chi connectivity index (χ3n) is 5.76. The summed E-state index contributed by atoms with van der Waals surface area (Å²) < 4.78 is 64.5. The van der Waals surface area contributed by atoms with Crippen LogP contribution in [0, 0.1) is 0 Å². The topological polar surface area (TPSA) is 122 Å². The predicted molar refractivity (Wildman–Crippen MR) is 137 cm³/mol. The van der Waals surface area contributed by atoms with Crippen LogP contribution in [0.25, 0.3) is 10.8 Å². The minimum atomic E-state index is -3.91. The van der Waals surface area contributed by atoms with Gasteiger partial charge in [0.25, 0.3) is 0 Å². The number of hydrogen-bond acceptors (Lipinski definition) is 7. The first-order valence-electron chi connectivity index (χ1n) is 11.1. The van der Waals surface area contributed by atoms with Gasteiger partial charge in [0, 0.05) is 24.2 Å². The number of carbonyl (C=O) groups excluding carboxylic acids is 1. The number of amides is 1. The Morgan fingerprint density at radius 2 is 1.72 bits per heavy atom. The summed E-state index contributed by atoms with van der Waals surface area (Å²) in [5.74, 6) is -0.499. The molecule has 0 aliphatic carbocycles. The first-order valence-corrected chi connectivity index (χ1v) is 14.4. The average Bonchev–Trinajstić information content (AvgIpc) is 2.87. The summed E-state index contributed by atoms with van der Waals surface area (Å²) in [5, 5.41) is 4.13. The van der Waals surface area contributed by atoms with Gasteiger partial charge >= 0.3 is 0 Å². The fraction of sp³-hybridized carbons (Fsp3) is 0.292. The van der Waals surface area contributed by atoms with Crippen molar-refractivity contribution in [2.45, 2.75) is 4.90 Å². The zero-order valence-corrected chi connectivity index (χ0v) is 21.5. The SMILES string of the molecule is COc1ccc(NC(=O)CN(c2cccc3ccccc23)S(C)(=O)=O)cc1S(=O)(=O)N1CCOCC1. The molecule has 0 radical (unpaired) electrons. The van der Waals surface area contributed by atoms with E-state index in [0.29, 0.717) is 11.1 Å². The van der Waals surface area contributed by atoms with Gasteiger partial charge in [-0.2, -0.15) is 4.31 Å². The van der Waals surface area contributed by atoms with Crippen LogP contribution < -0.4 is 14.4 Å². The molecule has 0 aromatic heterocycles. The van der Waals surface area contributed by atoms with Crippen LogP contribution in [-0.2, 0) is 29.6 Å². The Hall–Kier alpha value is -3.19. The summed E-state index contributed by atoms with van der Waals surface area (Å²) >= 11 is 0. The van der Waals surface area contributed by atoms with Crippen LogP contribution in [-0.4, -0.2) is 73.3 Å². The standard InChI is InChI=1S/C24H27N3O7S2/c1-33-22-11-10-19(16-23(22)36(31,32)26-12-14-34-15-13-26)25-24(28)17-27(35(2,29)30)21-9-5-7-18-6-3-4-8-20(18)21/h3-11,16H,12-15,17H2,1-2H3,(H,25,28). The van der Waals surface area contributed by atoms with Crippen molar-refractivity contribution in [2.75, 3.05) is 55.8 Å². The Balaban J connectivity index is 1.62. The highest BCUT2D eigenvalue weighted by molar-refractivity contribution is 7.92. The maximum Gasteiger partial charge on any atom is 0.246 e. The first-order chi connectivity index (χ1) is 17.1. The first kappa shape index (κ1) is 25.9. The van der Waals surface area contributed by atoms with Gasteiger partial charge < -0.3 is 14.8 Å². The molecule has 1 saturated heterocycles. The predicted octanol–water partition coefficient (Wildman–Crippen LogP) is 2.27. The van der Waals surface area contributed by atoms with Crippen molar-refractivity contribution in [1.82, 2.24) is 4.31 Å². The van der Waals surface area contributed by atoms with Gasteiger partial charge in [-0.25, -0.2) is 16.8 Å². The van der Waals surface area contributed by atoms with Crippen LogP contribution in [0.2, 0.25) is 0 Å². The molecule has 1 fully saturated rings. The third kappa shape index (κ3) is 5.46. The Kier molecular flexibility index (Phi) is 7.50. The van der Waals surface area contributed by atoms with Crippen molar-refractivity contribution >= 4 is 48.1 Å². The molecular formula is C24H27N3O7S2. The van der Waals surface area contributed by atoms with Gasteiger partial charge in [-0.1, -0.05) is 36.4 Å². The number of nitrogens with zero attached hydrogens (tertiary/aromatic N) is 2. The number of hydrogen-bond donors (Lipinski definition) is 1. The molecule has 1 amide bonds. The minimum Gasteiger partial charge on any atom is -0.495 e. The molecule has 36 heavy (non-hydrogen) atoms. The number of nitrogens with one attached hydrogen (secondary N) is 1. The van der Waals surface area contributed by atoms with E-state index in [4.69, 9.17) is 9.47 Å². The Morgan fingerprint density at radius 1 is 1.03 bits per heavy atom. The van der Waals surface area contributed by atoms with E-state index in [1.165, 1.54) is 29.6 Å². The number of benzene rings is 3. The lowest BCUT2D eigenvalue weighted by molar-refractivity contribution is -0.114. The zero-order valence-electron chi connectivity index (χ0n) is 19.9. The third-order valence-corrected chi connectivity index (χ3v) is 8.80. The summed E-state index contributed by atoms with van der Waals surface area (Å²) in [5.41, 5.74) is 0.565. The van der Waals surface area contributed by atoms with E-state index >= 15 is 0 Å². The molecule has 10 nitrogen and oxygen atoms in total. The molecule has 0 unspecified atom stereocenters. The van der Waals surface area contributed by atoms with Gasteiger partial charge in [0.15, 0.2) is 0 Å². The number of sulfonamides is 2. The number of methoxy groups -OCH3 is 1. The van der Waals surface area contributed by atoms with E-state index < -0.39 is 32.5 Å². The molecular weight excluding hydrogens is 506 g/mol. The second-order valence-corrected chi connectivity index (χ2v) is 12.0. The van der Waals surface area contributed by atoms with Crippen molar-refractivity contribution in [3.8, 4) is 5.75 Å². The highest BCUT2D eigenvalue weighted by Crippen LogP contribution is 2.31. The van der Waals surface area contributed by atoms with Crippen LogP contribution >= 0.6 is 0 Å². The van der Waals surface area contributed by atoms with E-state index in [-0.39, 0.29) is 42.6 Å². The molecule has 0 spiro atoms. The van der Waals surface area contributed by atoms with Gasteiger partial charge in [0.2, 0.25) is 26.0 Å². The molecule has 192 valence electrons. The number of rotatable bonds is 8. The van der Waals surface area contributed by atoms with Gasteiger partial charge in [-0.15, -0.1) is 0 Å². The maximum absolute atomic E-state index is 13.2. The lowest BCUT2D eigenvalue weighted by atomic mass is 10.1. The maximum atomic E-state index is 13.2. The number of fused-ring (bicyclic) bond motifs is 1. The van der Waals surface area contributed by atoms with Crippen molar-refractivity contribution < 1.29 is 31.1 Å². The molecule has 1 N–H and O–H groups in total. The molecule has 1 aliphatic heterocycles. The second-order valence-electron chi connectivity index (χ2n) is 8.20. The quantitative estimate of drug-likeness (QED) is 0.471. The molecule has 3 aromatic carbocycles. The van der Waals surface area contributed by atoms with Crippen LogP contribution in [0.4, 0.5) is 11.4 Å². The number of morpholine rings is 1. The van der Waals surface area contributed by atoms with Crippen molar-refractivity contribution in [3.63, 3.8) is 0 Å². The van der Waals surface area contributed by atoms with E-state index in [1.54, 1.807) is 24.3 Å². The molecule has 4 rings (SSSR count). The van der Waals surface area contributed by atoms with E-state index in [0.717, 1.165) is 15.9 Å². The molecule has 12 heteroatoms.